The Hall–Kier alpha value is -2.48. The van der Waals surface area contributed by atoms with E-state index in [4.69, 9.17) is 15.6 Å². The Kier molecular flexibility index (Phi) is 8.86. The van der Waals surface area contributed by atoms with Gasteiger partial charge in [0.1, 0.15) is 0 Å². The molecule has 188 valence electrons. The molecule has 3 rings (SSSR count). The third-order valence-corrected chi connectivity index (χ3v) is 8.30. The van der Waals surface area contributed by atoms with Gasteiger partial charge >= 0.3 is 12.1 Å². The molecule has 0 aromatic heterocycles. The van der Waals surface area contributed by atoms with Gasteiger partial charge in [0.25, 0.3) is 0 Å². The number of alkyl halides is 3. The van der Waals surface area contributed by atoms with Gasteiger partial charge in [-0.15, -0.1) is 0 Å². The fourth-order valence-electron chi connectivity index (χ4n) is 3.63. The van der Waals surface area contributed by atoms with Crippen LogP contribution in [0.4, 0.5) is 13.2 Å². The smallest absolute Gasteiger partial charge is 0.475 e. The Labute approximate surface area is 196 Å². The zero-order valence-electron chi connectivity index (χ0n) is 18.1. The predicted molar refractivity (Wildman–Crippen MR) is 119 cm³/mol. The van der Waals surface area contributed by atoms with Crippen LogP contribution in [0.5, 0.6) is 0 Å². The van der Waals surface area contributed by atoms with Crippen molar-refractivity contribution >= 4 is 25.8 Å². The number of hydrogen-bond donors (Lipinski definition) is 2. The molecule has 2 atom stereocenters. The lowest BCUT2D eigenvalue weighted by Crippen LogP contribution is -2.39. The van der Waals surface area contributed by atoms with Crippen LogP contribution >= 0.6 is 0 Å². The van der Waals surface area contributed by atoms with Gasteiger partial charge in [-0.3, -0.25) is 0 Å². The molecule has 1 aliphatic heterocycles. The number of carbonyl (C=O) groups is 1. The summed E-state index contributed by atoms with van der Waals surface area (Å²) in [4.78, 5) is 9.08. The van der Waals surface area contributed by atoms with Gasteiger partial charge in [0, 0.05) is 19.1 Å². The number of benzene rings is 2. The topological polar surface area (TPSA) is 135 Å². The molecule has 3 N–H and O–H groups in total. The fraction of sp³-hybridized carbons (Fsp3) is 0.381. The largest absolute Gasteiger partial charge is 0.490 e. The van der Waals surface area contributed by atoms with E-state index in [0.717, 1.165) is 17.4 Å². The lowest BCUT2D eigenvalue weighted by atomic mass is 9.97. The second kappa shape index (κ2) is 10.8. The lowest BCUT2D eigenvalue weighted by Gasteiger charge is -2.22. The second-order valence-electron chi connectivity index (χ2n) is 7.77. The molecule has 0 unspecified atom stereocenters. The number of carboxylic acids is 1. The van der Waals surface area contributed by atoms with Gasteiger partial charge in [-0.1, -0.05) is 42.5 Å². The van der Waals surface area contributed by atoms with Crippen molar-refractivity contribution in [3.63, 3.8) is 0 Å². The van der Waals surface area contributed by atoms with Crippen LogP contribution < -0.4 is 5.73 Å². The Balaban J connectivity index is 0.000000509. The maximum absolute atomic E-state index is 12.9. The van der Waals surface area contributed by atoms with E-state index in [0.29, 0.717) is 13.0 Å². The van der Waals surface area contributed by atoms with Crippen molar-refractivity contribution in [3.8, 4) is 0 Å². The molecule has 2 aromatic carbocycles. The molecule has 0 bridgehead atoms. The molecule has 0 spiro atoms. The van der Waals surface area contributed by atoms with Crippen LogP contribution in [0, 0.1) is 0 Å². The molecule has 0 aliphatic carbocycles. The minimum atomic E-state index is -5.08. The molecule has 34 heavy (non-hydrogen) atoms. The third kappa shape index (κ3) is 7.52. The predicted octanol–water partition coefficient (Wildman–Crippen LogP) is 2.37. The van der Waals surface area contributed by atoms with Crippen LogP contribution in [-0.2, 0) is 31.2 Å². The minimum absolute atomic E-state index is 0.0171. The van der Waals surface area contributed by atoms with Crippen molar-refractivity contribution in [1.29, 1.82) is 0 Å². The van der Waals surface area contributed by atoms with Gasteiger partial charge in [-0.05, 0) is 35.6 Å². The Morgan fingerprint density at radius 2 is 1.68 bits per heavy atom. The van der Waals surface area contributed by atoms with E-state index in [2.05, 4.69) is 0 Å². The number of halogens is 3. The van der Waals surface area contributed by atoms with E-state index >= 15 is 0 Å². The highest BCUT2D eigenvalue weighted by molar-refractivity contribution is 7.91. The van der Waals surface area contributed by atoms with Crippen molar-refractivity contribution in [2.45, 2.75) is 36.0 Å². The Morgan fingerprint density at radius 3 is 2.18 bits per heavy atom. The third-order valence-electron chi connectivity index (χ3n) is 5.21. The van der Waals surface area contributed by atoms with E-state index in [-0.39, 0.29) is 23.1 Å². The van der Waals surface area contributed by atoms with Crippen LogP contribution in [0.15, 0.2) is 59.5 Å². The quantitative estimate of drug-likeness (QED) is 0.595. The Bertz CT molecular complexity index is 1200. The molecule has 1 aliphatic rings. The van der Waals surface area contributed by atoms with E-state index in [1.165, 1.54) is 10.4 Å². The summed E-state index contributed by atoms with van der Waals surface area (Å²) in [5.74, 6) is -3.01. The van der Waals surface area contributed by atoms with Gasteiger partial charge < -0.3 is 10.8 Å². The van der Waals surface area contributed by atoms with Crippen molar-refractivity contribution in [2.24, 2.45) is 5.73 Å². The number of sulfone groups is 1. The molecule has 0 saturated carbocycles. The highest BCUT2D eigenvalue weighted by Gasteiger charge is 2.40. The van der Waals surface area contributed by atoms with E-state index in [1.54, 1.807) is 18.2 Å². The number of nitrogens with two attached hydrogens (primary N) is 1. The molecule has 2 aromatic rings. The zero-order valence-corrected chi connectivity index (χ0v) is 19.8. The van der Waals surface area contributed by atoms with E-state index in [9.17, 15) is 30.0 Å². The molecular weight excluding hydrogens is 497 g/mol. The van der Waals surface area contributed by atoms with Gasteiger partial charge in [0.05, 0.1) is 16.9 Å². The number of rotatable bonds is 6. The van der Waals surface area contributed by atoms with Gasteiger partial charge in [-0.2, -0.15) is 17.5 Å². The van der Waals surface area contributed by atoms with Crippen LogP contribution in [0.2, 0.25) is 0 Å². The molecule has 1 saturated heterocycles. The first-order chi connectivity index (χ1) is 15.6. The summed E-state index contributed by atoms with van der Waals surface area (Å²) in [7, 11) is -7.15. The number of carboxylic acid groups (broad SMARTS) is 1. The minimum Gasteiger partial charge on any atom is -0.475 e. The molecule has 0 amide bonds. The van der Waals surface area contributed by atoms with Gasteiger partial charge in [0.2, 0.25) is 10.0 Å². The summed E-state index contributed by atoms with van der Waals surface area (Å²) in [5, 5.41) is 7.12. The summed E-state index contributed by atoms with van der Waals surface area (Å²) in [6, 6.07) is 15.5. The molecule has 1 heterocycles. The zero-order chi connectivity index (χ0) is 25.7. The maximum atomic E-state index is 12.9. The molecular formula is C21H25F3N2O6S2. The first kappa shape index (κ1) is 27.8. The monoisotopic (exact) mass is 522 g/mol. The van der Waals surface area contributed by atoms with Crippen LogP contribution in [-0.4, -0.2) is 63.0 Å². The summed E-state index contributed by atoms with van der Waals surface area (Å²) < 4.78 is 83.4. The summed E-state index contributed by atoms with van der Waals surface area (Å²) in [6.45, 7) is 0.546. The summed E-state index contributed by atoms with van der Waals surface area (Å²) in [5.41, 5.74) is 7.36. The average Bonchev–Trinajstić information content (AvgIpc) is 3.18. The number of hydrogen-bond acceptors (Lipinski definition) is 6. The first-order valence-electron chi connectivity index (χ1n) is 9.98. The lowest BCUT2D eigenvalue weighted by molar-refractivity contribution is -0.192. The summed E-state index contributed by atoms with van der Waals surface area (Å²) >= 11 is 0. The second-order valence-corrected chi connectivity index (χ2v) is 11.7. The van der Waals surface area contributed by atoms with Crippen molar-refractivity contribution in [1.82, 2.24) is 4.31 Å². The van der Waals surface area contributed by atoms with E-state index < -0.39 is 38.0 Å². The van der Waals surface area contributed by atoms with Crippen LogP contribution in [0.25, 0.3) is 0 Å². The molecule has 8 nitrogen and oxygen atoms in total. The number of sulfonamides is 1. The average molecular weight is 523 g/mol. The SMILES string of the molecule is CS(=O)(=O)N1C[C@H](c2ccccc2)C[C@@H]1CS(=O)(=O)c1cccc(CN)c1.O=C(O)C(F)(F)F. The summed E-state index contributed by atoms with van der Waals surface area (Å²) in [6.07, 6.45) is -3.47. The number of nitrogens with zero attached hydrogens (tertiary/aromatic N) is 1. The normalized spacial score (nSPS) is 19.3. The standard InChI is InChI=1S/C19H24N2O4S2.C2HF3O2/c1-26(22,23)21-13-17(16-7-3-2-4-8-16)11-18(21)14-27(24,25)19-9-5-6-15(10-19)12-20;3-2(4,5)1(6)7/h2-10,17-18H,11-14,20H2,1H3;(H,6,7)/t17-,18-;/m1./s1. The molecule has 1 fully saturated rings. The van der Waals surface area contributed by atoms with Crippen molar-refractivity contribution < 1.29 is 39.9 Å². The Morgan fingerprint density at radius 1 is 1.09 bits per heavy atom. The highest BCUT2D eigenvalue weighted by atomic mass is 32.2. The van der Waals surface area contributed by atoms with Crippen molar-refractivity contribution in [2.75, 3.05) is 18.6 Å². The highest BCUT2D eigenvalue weighted by Crippen LogP contribution is 2.34. The van der Waals surface area contributed by atoms with Gasteiger partial charge in [-0.25, -0.2) is 21.6 Å². The first-order valence-corrected chi connectivity index (χ1v) is 13.5. The van der Waals surface area contributed by atoms with Crippen LogP contribution in [0.3, 0.4) is 0 Å². The number of aliphatic carboxylic acids is 1. The maximum Gasteiger partial charge on any atom is 0.490 e. The fourth-order valence-corrected chi connectivity index (χ4v) is 6.51. The molecule has 13 heteroatoms. The van der Waals surface area contributed by atoms with Crippen molar-refractivity contribution in [3.05, 3.63) is 65.7 Å². The van der Waals surface area contributed by atoms with Gasteiger partial charge in [0.15, 0.2) is 9.84 Å². The van der Waals surface area contributed by atoms with Crippen LogP contribution in [0.1, 0.15) is 23.5 Å². The van der Waals surface area contributed by atoms with E-state index in [1.807, 2.05) is 30.3 Å². The molecule has 0 radical (unpaired) electrons.